The molecule has 0 atom stereocenters. The Labute approximate surface area is 174 Å². The van der Waals surface area contributed by atoms with Gasteiger partial charge in [-0.05, 0) is 59.0 Å². The van der Waals surface area contributed by atoms with Crippen LogP contribution in [0.1, 0.15) is 56.8 Å². The van der Waals surface area contributed by atoms with Crippen LogP contribution in [0.5, 0.6) is 0 Å². The van der Waals surface area contributed by atoms with Crippen LogP contribution in [0, 0.1) is 11.3 Å². The summed E-state index contributed by atoms with van der Waals surface area (Å²) in [6, 6.07) is 11.8. The highest BCUT2D eigenvalue weighted by Gasteiger charge is 2.43. The molecule has 152 valence electrons. The minimum absolute atomic E-state index is 0.0710. The third kappa shape index (κ3) is 2.95. The molecule has 2 aromatic carbocycles. The SMILES string of the molecule is CC1(C)C2=C(C(=O)c3ccc(C(=O)NC(CO)CO)cc31)c1ccc(C#N)cc1C2. The molecule has 0 radical (unpaired) electrons. The molecule has 2 aromatic rings. The van der Waals surface area contributed by atoms with Gasteiger partial charge in [-0.25, -0.2) is 0 Å². The molecule has 30 heavy (non-hydrogen) atoms. The number of hydrogen-bond acceptors (Lipinski definition) is 5. The Bertz CT molecular complexity index is 1150. The first kappa shape index (κ1) is 20.0. The van der Waals surface area contributed by atoms with E-state index in [4.69, 9.17) is 0 Å². The molecule has 6 heteroatoms. The minimum atomic E-state index is -0.740. The van der Waals surface area contributed by atoms with E-state index in [0.29, 0.717) is 28.7 Å². The highest BCUT2D eigenvalue weighted by Crippen LogP contribution is 2.49. The summed E-state index contributed by atoms with van der Waals surface area (Å²) in [5, 5.41) is 30.2. The molecular formula is C24H22N2O4. The van der Waals surface area contributed by atoms with Crippen LogP contribution >= 0.6 is 0 Å². The number of nitrogens with zero attached hydrogens (tertiary/aromatic N) is 1. The number of carbonyl (C=O) groups is 2. The summed E-state index contributed by atoms with van der Waals surface area (Å²) in [7, 11) is 0. The van der Waals surface area contributed by atoms with Crippen molar-refractivity contribution >= 4 is 17.3 Å². The van der Waals surface area contributed by atoms with Gasteiger partial charge in [0.2, 0.25) is 0 Å². The van der Waals surface area contributed by atoms with Crippen LogP contribution in [-0.2, 0) is 11.8 Å². The number of amides is 1. The Kier molecular flexibility index (Phi) is 4.81. The zero-order valence-corrected chi connectivity index (χ0v) is 16.8. The van der Waals surface area contributed by atoms with Crippen molar-refractivity contribution in [2.75, 3.05) is 13.2 Å². The van der Waals surface area contributed by atoms with Gasteiger partial charge in [0.25, 0.3) is 5.91 Å². The van der Waals surface area contributed by atoms with Crippen molar-refractivity contribution < 1.29 is 19.8 Å². The van der Waals surface area contributed by atoms with Crippen LogP contribution in [-0.4, -0.2) is 41.2 Å². The van der Waals surface area contributed by atoms with Crippen molar-refractivity contribution in [2.45, 2.75) is 31.7 Å². The quantitative estimate of drug-likeness (QED) is 0.726. The van der Waals surface area contributed by atoms with Gasteiger partial charge in [-0.1, -0.05) is 19.9 Å². The Balaban J connectivity index is 1.76. The van der Waals surface area contributed by atoms with E-state index in [1.165, 1.54) is 0 Å². The largest absolute Gasteiger partial charge is 0.394 e. The fourth-order valence-corrected chi connectivity index (χ4v) is 4.40. The van der Waals surface area contributed by atoms with Crippen LogP contribution < -0.4 is 5.32 Å². The third-order valence-corrected chi connectivity index (χ3v) is 6.13. The molecule has 0 saturated carbocycles. The second kappa shape index (κ2) is 7.21. The number of fused-ring (bicyclic) bond motifs is 3. The number of hydrogen-bond donors (Lipinski definition) is 3. The Morgan fingerprint density at radius 1 is 1.17 bits per heavy atom. The summed E-state index contributed by atoms with van der Waals surface area (Å²) in [6.07, 6.45) is 0.589. The van der Waals surface area contributed by atoms with Gasteiger partial charge < -0.3 is 15.5 Å². The number of allylic oxidation sites excluding steroid dienone is 2. The van der Waals surface area contributed by atoms with E-state index in [0.717, 1.165) is 22.3 Å². The van der Waals surface area contributed by atoms with Crippen LogP contribution in [0.25, 0.3) is 5.57 Å². The standard InChI is InChI=1S/C24H22N2O4/c1-24(2)19-8-14(23(30)26-16(11-27)12-28)4-6-18(19)22(29)21-17-5-3-13(10-25)7-15(17)9-20(21)24/h3-8,16,27-28H,9,11-12H2,1-2H3,(H,26,30). The van der Waals surface area contributed by atoms with Gasteiger partial charge in [-0.3, -0.25) is 9.59 Å². The third-order valence-electron chi connectivity index (χ3n) is 6.13. The predicted molar refractivity (Wildman–Crippen MR) is 111 cm³/mol. The maximum atomic E-state index is 13.4. The predicted octanol–water partition coefficient (Wildman–Crippen LogP) is 2.13. The van der Waals surface area contributed by atoms with Crippen LogP contribution in [0.3, 0.4) is 0 Å². The van der Waals surface area contributed by atoms with Gasteiger partial charge in [0.05, 0.1) is 30.9 Å². The van der Waals surface area contributed by atoms with Crippen molar-refractivity contribution in [3.8, 4) is 6.07 Å². The number of nitrogens with one attached hydrogen (secondary N) is 1. The number of Topliss-reactive ketones (excluding diaryl/α,β-unsaturated/α-hetero) is 1. The van der Waals surface area contributed by atoms with E-state index in [2.05, 4.69) is 11.4 Å². The average Bonchev–Trinajstić information content (AvgIpc) is 3.15. The number of benzene rings is 2. The highest BCUT2D eigenvalue weighted by molar-refractivity contribution is 6.33. The number of aliphatic hydroxyl groups is 2. The molecule has 0 aliphatic heterocycles. The van der Waals surface area contributed by atoms with E-state index in [9.17, 15) is 25.1 Å². The topological polar surface area (TPSA) is 110 Å². The summed E-state index contributed by atoms with van der Waals surface area (Å²) >= 11 is 0. The van der Waals surface area contributed by atoms with E-state index < -0.39 is 17.4 Å². The summed E-state index contributed by atoms with van der Waals surface area (Å²) in [5.41, 5.74) is 5.34. The lowest BCUT2D eigenvalue weighted by molar-refractivity contribution is 0.0878. The first-order chi connectivity index (χ1) is 14.3. The number of aliphatic hydroxyl groups excluding tert-OH is 2. The average molecular weight is 402 g/mol. The molecule has 0 spiro atoms. The smallest absolute Gasteiger partial charge is 0.251 e. The van der Waals surface area contributed by atoms with Gasteiger partial charge >= 0.3 is 0 Å². The summed E-state index contributed by atoms with van der Waals surface area (Å²) in [6.45, 7) is 3.35. The zero-order chi connectivity index (χ0) is 21.6. The Morgan fingerprint density at radius 2 is 1.87 bits per heavy atom. The normalized spacial score (nSPS) is 16.1. The fourth-order valence-electron chi connectivity index (χ4n) is 4.40. The van der Waals surface area contributed by atoms with Crippen molar-refractivity contribution in [3.05, 3.63) is 75.4 Å². The number of ketones is 1. The summed E-state index contributed by atoms with van der Waals surface area (Å²) in [4.78, 5) is 25.9. The van der Waals surface area contributed by atoms with Gasteiger partial charge in [0.15, 0.2) is 5.78 Å². The summed E-state index contributed by atoms with van der Waals surface area (Å²) < 4.78 is 0. The van der Waals surface area contributed by atoms with E-state index in [1.807, 2.05) is 26.0 Å². The lowest BCUT2D eigenvalue weighted by Gasteiger charge is -2.34. The van der Waals surface area contributed by atoms with E-state index >= 15 is 0 Å². The molecule has 1 amide bonds. The number of carbonyl (C=O) groups excluding carboxylic acids is 2. The van der Waals surface area contributed by atoms with Crippen LogP contribution in [0.2, 0.25) is 0 Å². The lowest BCUT2D eigenvalue weighted by Crippen LogP contribution is -2.40. The number of nitriles is 1. The molecule has 4 rings (SSSR count). The van der Waals surface area contributed by atoms with Gasteiger partial charge in [0, 0.05) is 22.1 Å². The maximum absolute atomic E-state index is 13.4. The maximum Gasteiger partial charge on any atom is 0.251 e. The number of rotatable bonds is 4. The fraction of sp³-hybridized carbons (Fsp3) is 0.292. The highest BCUT2D eigenvalue weighted by atomic mass is 16.3. The van der Waals surface area contributed by atoms with Crippen molar-refractivity contribution in [3.63, 3.8) is 0 Å². The van der Waals surface area contributed by atoms with Crippen molar-refractivity contribution in [2.24, 2.45) is 0 Å². The molecule has 0 bridgehead atoms. The Hall–Kier alpha value is -3.27. The summed E-state index contributed by atoms with van der Waals surface area (Å²) in [5.74, 6) is -0.486. The van der Waals surface area contributed by atoms with Crippen molar-refractivity contribution in [1.29, 1.82) is 5.26 Å². The molecule has 0 saturated heterocycles. The second-order valence-electron chi connectivity index (χ2n) is 8.26. The van der Waals surface area contributed by atoms with Gasteiger partial charge in [-0.15, -0.1) is 0 Å². The molecule has 2 aliphatic rings. The first-order valence-electron chi connectivity index (χ1n) is 9.80. The molecule has 0 unspecified atom stereocenters. The molecule has 3 N–H and O–H groups in total. The van der Waals surface area contributed by atoms with E-state index in [1.54, 1.807) is 24.3 Å². The van der Waals surface area contributed by atoms with Crippen LogP contribution in [0.4, 0.5) is 0 Å². The lowest BCUT2D eigenvalue weighted by atomic mass is 9.68. The monoisotopic (exact) mass is 402 g/mol. The molecular weight excluding hydrogens is 380 g/mol. The molecule has 2 aliphatic carbocycles. The second-order valence-corrected chi connectivity index (χ2v) is 8.26. The first-order valence-corrected chi connectivity index (χ1v) is 9.80. The Morgan fingerprint density at radius 3 is 2.53 bits per heavy atom. The van der Waals surface area contributed by atoms with Gasteiger partial charge in [-0.2, -0.15) is 5.26 Å². The van der Waals surface area contributed by atoms with E-state index in [-0.39, 0.29) is 19.0 Å². The minimum Gasteiger partial charge on any atom is -0.394 e. The molecule has 0 aromatic heterocycles. The molecule has 0 heterocycles. The van der Waals surface area contributed by atoms with Crippen molar-refractivity contribution in [1.82, 2.24) is 5.32 Å². The molecule has 0 fully saturated rings. The van der Waals surface area contributed by atoms with Gasteiger partial charge in [0.1, 0.15) is 0 Å². The molecule has 6 nitrogen and oxygen atoms in total. The zero-order valence-electron chi connectivity index (χ0n) is 16.8. The van der Waals surface area contributed by atoms with Crippen LogP contribution in [0.15, 0.2) is 42.0 Å².